The smallest absolute Gasteiger partial charge is 0.418 e. The predicted molar refractivity (Wildman–Crippen MR) is 105 cm³/mol. The minimum absolute atomic E-state index is 0.0229. The van der Waals surface area contributed by atoms with E-state index in [0.717, 1.165) is 25.3 Å². The summed E-state index contributed by atoms with van der Waals surface area (Å²) in [5, 5.41) is 5.79. The van der Waals surface area contributed by atoms with Crippen molar-refractivity contribution in [3.63, 3.8) is 0 Å². The Kier molecular flexibility index (Phi) is 4.76. The molecule has 0 radical (unpaired) electrons. The lowest BCUT2D eigenvalue weighted by molar-refractivity contribution is -0.136. The summed E-state index contributed by atoms with van der Waals surface area (Å²) in [6.45, 7) is 0. The number of fused-ring (bicyclic) bond motifs is 1. The average molecular weight is 441 g/mol. The van der Waals surface area contributed by atoms with Gasteiger partial charge in [0.1, 0.15) is 17.2 Å². The Morgan fingerprint density at radius 3 is 2.57 bits per heavy atom. The van der Waals surface area contributed by atoms with Crippen molar-refractivity contribution < 1.29 is 26.3 Å². The quantitative estimate of drug-likeness (QED) is 0.535. The van der Waals surface area contributed by atoms with Crippen LogP contribution >= 0.6 is 0 Å². The minimum atomic E-state index is -4.55. The molecule has 1 aliphatic rings. The van der Waals surface area contributed by atoms with Gasteiger partial charge < -0.3 is 20.4 Å². The van der Waals surface area contributed by atoms with Crippen LogP contribution in [0.1, 0.15) is 18.4 Å². The Morgan fingerprint density at radius 1 is 1.23 bits per heavy atom. The van der Waals surface area contributed by atoms with E-state index in [2.05, 4.69) is 25.6 Å². The zero-order valence-corrected chi connectivity index (χ0v) is 16.8. The SMILES string of the molecule is COc1cc(S(C)(=O)=O)ccc1Nc1nc(NC2CC2)c2c(C(F)(F)F)c[nH]c2n1. The van der Waals surface area contributed by atoms with E-state index < -0.39 is 21.6 Å². The van der Waals surface area contributed by atoms with Gasteiger partial charge >= 0.3 is 6.18 Å². The average Bonchev–Trinajstić information content (AvgIpc) is 3.35. The van der Waals surface area contributed by atoms with Gasteiger partial charge in [0.05, 0.1) is 28.6 Å². The van der Waals surface area contributed by atoms with E-state index in [4.69, 9.17) is 4.74 Å². The maximum atomic E-state index is 13.4. The number of anilines is 3. The van der Waals surface area contributed by atoms with Gasteiger partial charge in [-0.2, -0.15) is 23.1 Å². The van der Waals surface area contributed by atoms with Crippen LogP contribution in [0.3, 0.4) is 0 Å². The second-order valence-electron chi connectivity index (χ2n) is 7.00. The maximum absolute atomic E-state index is 13.4. The Balaban J connectivity index is 1.77. The topological polar surface area (TPSA) is 109 Å². The molecule has 1 aliphatic carbocycles. The van der Waals surface area contributed by atoms with E-state index in [-0.39, 0.29) is 39.5 Å². The Morgan fingerprint density at radius 2 is 1.97 bits per heavy atom. The van der Waals surface area contributed by atoms with Crippen LogP contribution in [0.5, 0.6) is 5.75 Å². The first kappa shape index (κ1) is 20.3. The molecule has 0 unspecified atom stereocenters. The molecule has 8 nitrogen and oxygen atoms in total. The highest BCUT2D eigenvalue weighted by molar-refractivity contribution is 7.90. The second kappa shape index (κ2) is 7.04. The highest BCUT2D eigenvalue weighted by Gasteiger charge is 2.36. The number of aromatic nitrogens is 3. The van der Waals surface area contributed by atoms with Gasteiger partial charge in [-0.25, -0.2) is 8.42 Å². The summed E-state index contributed by atoms with van der Waals surface area (Å²) in [4.78, 5) is 11.0. The molecule has 3 N–H and O–H groups in total. The van der Waals surface area contributed by atoms with E-state index in [1.807, 2.05) is 0 Å². The zero-order valence-electron chi connectivity index (χ0n) is 16.0. The van der Waals surface area contributed by atoms with Crippen LogP contribution in [0.15, 0.2) is 29.3 Å². The first-order valence-corrected chi connectivity index (χ1v) is 10.8. The molecule has 0 aliphatic heterocycles. The molecule has 0 spiro atoms. The molecule has 0 atom stereocenters. The Bertz CT molecular complexity index is 1220. The lowest BCUT2D eigenvalue weighted by Gasteiger charge is -2.14. The van der Waals surface area contributed by atoms with Crippen LogP contribution in [0, 0.1) is 0 Å². The molecular formula is C18H18F3N5O3S. The molecule has 0 saturated heterocycles. The van der Waals surface area contributed by atoms with Crippen LogP contribution in [0.25, 0.3) is 11.0 Å². The molecular weight excluding hydrogens is 423 g/mol. The van der Waals surface area contributed by atoms with Crippen molar-refractivity contribution in [2.45, 2.75) is 30.0 Å². The third-order valence-corrected chi connectivity index (χ3v) is 5.71. The fourth-order valence-electron chi connectivity index (χ4n) is 2.96. The van der Waals surface area contributed by atoms with Crippen LogP contribution in [-0.2, 0) is 16.0 Å². The summed E-state index contributed by atoms with van der Waals surface area (Å²) in [5.41, 5.74) is -0.457. The molecule has 1 aromatic carbocycles. The van der Waals surface area contributed by atoms with Crippen molar-refractivity contribution in [1.82, 2.24) is 15.0 Å². The summed E-state index contributed by atoms with van der Waals surface area (Å²) in [6, 6.07) is 4.27. The number of hydrogen-bond donors (Lipinski definition) is 3. The molecule has 0 amide bonds. The number of rotatable bonds is 6. The summed E-state index contributed by atoms with van der Waals surface area (Å²) < 4.78 is 68.9. The van der Waals surface area contributed by atoms with E-state index >= 15 is 0 Å². The second-order valence-corrected chi connectivity index (χ2v) is 9.01. The fraction of sp³-hybridized carbons (Fsp3) is 0.333. The normalized spacial score (nSPS) is 14.7. The number of hydrogen-bond acceptors (Lipinski definition) is 7. The van der Waals surface area contributed by atoms with Gasteiger partial charge in [0, 0.05) is 24.6 Å². The number of halogens is 3. The minimum Gasteiger partial charge on any atom is -0.495 e. The first-order valence-electron chi connectivity index (χ1n) is 8.94. The van der Waals surface area contributed by atoms with E-state index in [1.54, 1.807) is 0 Å². The number of ether oxygens (including phenoxy) is 1. The number of alkyl halides is 3. The number of aromatic amines is 1. The monoisotopic (exact) mass is 441 g/mol. The molecule has 3 aromatic rings. The predicted octanol–water partition coefficient (Wildman–Crippen LogP) is 3.71. The van der Waals surface area contributed by atoms with Crippen LogP contribution in [0.2, 0.25) is 0 Å². The molecule has 160 valence electrons. The number of methoxy groups -OCH3 is 1. The maximum Gasteiger partial charge on any atom is 0.418 e. The highest BCUT2D eigenvalue weighted by atomic mass is 32.2. The third-order valence-electron chi connectivity index (χ3n) is 4.60. The molecule has 2 aromatic heterocycles. The van der Waals surface area contributed by atoms with Crippen LogP contribution < -0.4 is 15.4 Å². The van der Waals surface area contributed by atoms with Gasteiger partial charge in [-0.1, -0.05) is 0 Å². The highest BCUT2D eigenvalue weighted by Crippen LogP contribution is 2.39. The molecule has 4 rings (SSSR count). The number of sulfone groups is 1. The standard InChI is InChI=1S/C18H18F3N5O3S/c1-29-13-7-10(30(2,27)28)5-6-12(13)24-17-25-15-14(11(8-22-15)18(19,20)21)16(26-17)23-9-3-4-9/h5-9H,3-4H2,1-2H3,(H3,22,23,24,25,26). The van der Waals surface area contributed by atoms with Crippen molar-refractivity contribution in [3.05, 3.63) is 30.0 Å². The van der Waals surface area contributed by atoms with E-state index in [0.29, 0.717) is 5.69 Å². The third kappa shape index (κ3) is 3.99. The van der Waals surface area contributed by atoms with Crippen LogP contribution in [0.4, 0.5) is 30.6 Å². The van der Waals surface area contributed by atoms with Gasteiger partial charge in [-0.05, 0) is 25.0 Å². The van der Waals surface area contributed by atoms with Crippen molar-refractivity contribution in [2.24, 2.45) is 0 Å². The number of nitrogens with zero attached hydrogens (tertiary/aromatic N) is 2. The lowest BCUT2D eigenvalue weighted by Crippen LogP contribution is -2.10. The van der Waals surface area contributed by atoms with Crippen molar-refractivity contribution in [2.75, 3.05) is 24.0 Å². The summed E-state index contributed by atoms with van der Waals surface area (Å²) in [5.74, 6) is 0.331. The van der Waals surface area contributed by atoms with Gasteiger partial charge in [0.15, 0.2) is 9.84 Å². The number of nitrogens with one attached hydrogen (secondary N) is 3. The lowest BCUT2D eigenvalue weighted by atomic mass is 10.2. The van der Waals surface area contributed by atoms with Gasteiger partial charge in [-0.3, -0.25) is 0 Å². The van der Waals surface area contributed by atoms with Gasteiger partial charge in [-0.15, -0.1) is 0 Å². The molecule has 1 fully saturated rings. The molecule has 30 heavy (non-hydrogen) atoms. The fourth-order valence-corrected chi connectivity index (χ4v) is 3.60. The summed E-state index contributed by atoms with van der Waals surface area (Å²) in [7, 11) is -2.07. The van der Waals surface area contributed by atoms with E-state index in [9.17, 15) is 21.6 Å². The van der Waals surface area contributed by atoms with Crippen LogP contribution in [-0.4, -0.2) is 42.8 Å². The van der Waals surface area contributed by atoms with Gasteiger partial charge in [0.25, 0.3) is 0 Å². The van der Waals surface area contributed by atoms with Crippen molar-refractivity contribution in [1.29, 1.82) is 0 Å². The molecule has 1 saturated carbocycles. The summed E-state index contributed by atoms with van der Waals surface area (Å²) in [6.07, 6.45) is -0.920. The Labute approximate surface area is 169 Å². The molecule has 0 bridgehead atoms. The first-order chi connectivity index (χ1) is 14.1. The summed E-state index contributed by atoms with van der Waals surface area (Å²) >= 11 is 0. The van der Waals surface area contributed by atoms with Gasteiger partial charge in [0.2, 0.25) is 5.95 Å². The molecule has 12 heteroatoms. The van der Waals surface area contributed by atoms with Crippen molar-refractivity contribution >= 4 is 38.3 Å². The zero-order chi connectivity index (χ0) is 21.7. The number of benzene rings is 1. The molecule has 2 heterocycles. The largest absolute Gasteiger partial charge is 0.495 e. The Hall–Kier alpha value is -3.02. The van der Waals surface area contributed by atoms with E-state index in [1.165, 1.54) is 25.3 Å². The van der Waals surface area contributed by atoms with Crippen molar-refractivity contribution in [3.8, 4) is 5.75 Å². The number of H-pyrrole nitrogens is 1.